The molecule has 1 aromatic rings. The van der Waals surface area contributed by atoms with E-state index in [2.05, 4.69) is 16.4 Å². The highest BCUT2D eigenvalue weighted by Gasteiger charge is 2.23. The zero-order valence-electron chi connectivity index (χ0n) is 9.05. The van der Waals surface area contributed by atoms with Crippen molar-refractivity contribution in [3.8, 4) is 6.07 Å². The lowest BCUT2D eigenvalue weighted by molar-refractivity contribution is 0.405. The lowest BCUT2D eigenvalue weighted by Crippen LogP contribution is -2.22. The molecule has 0 spiro atoms. The molecule has 2 N–H and O–H groups in total. The fourth-order valence-electron chi connectivity index (χ4n) is 1.68. The van der Waals surface area contributed by atoms with Crippen LogP contribution in [0.5, 0.6) is 0 Å². The first-order valence-electron chi connectivity index (χ1n) is 5.03. The van der Waals surface area contributed by atoms with E-state index in [1.807, 2.05) is 31.3 Å². The SMILES string of the molecule is CN1C(CN)=CSC1c1ccc(C#N)cc1. The quantitative estimate of drug-likeness (QED) is 0.846. The summed E-state index contributed by atoms with van der Waals surface area (Å²) in [6, 6.07) is 9.83. The summed E-state index contributed by atoms with van der Waals surface area (Å²) in [5.41, 5.74) is 8.69. The van der Waals surface area contributed by atoms with Gasteiger partial charge >= 0.3 is 0 Å². The molecule has 3 nitrogen and oxygen atoms in total. The lowest BCUT2D eigenvalue weighted by Gasteiger charge is -2.24. The Labute approximate surface area is 99.5 Å². The smallest absolute Gasteiger partial charge is 0.104 e. The number of nitrogens with zero attached hydrogens (tertiary/aromatic N) is 2. The minimum atomic E-state index is 0.284. The molecule has 0 radical (unpaired) electrons. The summed E-state index contributed by atoms with van der Waals surface area (Å²) in [6.45, 7) is 0.566. The fourth-order valence-corrected chi connectivity index (χ4v) is 2.87. The van der Waals surface area contributed by atoms with Crippen LogP contribution < -0.4 is 5.73 Å². The normalized spacial score (nSPS) is 19.4. The lowest BCUT2D eigenvalue weighted by atomic mass is 10.1. The van der Waals surface area contributed by atoms with E-state index in [1.165, 1.54) is 5.56 Å². The van der Waals surface area contributed by atoms with E-state index in [-0.39, 0.29) is 5.37 Å². The molecule has 0 aromatic heterocycles. The van der Waals surface area contributed by atoms with Gasteiger partial charge in [0, 0.05) is 19.3 Å². The molecular weight excluding hydrogens is 218 g/mol. The standard InChI is InChI=1S/C12H13N3S/c1-15-11(7-14)8-16-12(15)10-4-2-9(6-13)3-5-10/h2-5,8,12H,7,14H2,1H3. The Kier molecular flexibility index (Phi) is 3.18. The number of nitrogens with two attached hydrogens (primary N) is 1. The summed E-state index contributed by atoms with van der Waals surface area (Å²) in [5.74, 6) is 0. The van der Waals surface area contributed by atoms with Crippen molar-refractivity contribution in [3.05, 3.63) is 46.5 Å². The molecule has 1 aliphatic heterocycles. The second-order valence-corrected chi connectivity index (χ2v) is 4.60. The maximum atomic E-state index is 8.73. The summed E-state index contributed by atoms with van der Waals surface area (Å²) >= 11 is 1.75. The minimum absolute atomic E-state index is 0.284. The second kappa shape index (κ2) is 4.60. The number of rotatable bonds is 2. The van der Waals surface area contributed by atoms with Crippen molar-refractivity contribution in [3.63, 3.8) is 0 Å². The van der Waals surface area contributed by atoms with E-state index < -0.39 is 0 Å². The summed E-state index contributed by atoms with van der Waals surface area (Å²) in [4.78, 5) is 2.17. The van der Waals surface area contributed by atoms with Crippen LogP contribution in [0.15, 0.2) is 35.4 Å². The van der Waals surface area contributed by atoms with Gasteiger partial charge in [0.1, 0.15) is 5.37 Å². The maximum Gasteiger partial charge on any atom is 0.104 e. The van der Waals surface area contributed by atoms with Crippen LogP contribution in [0.4, 0.5) is 0 Å². The zero-order chi connectivity index (χ0) is 11.5. The largest absolute Gasteiger partial charge is 0.360 e. The third-order valence-corrected chi connectivity index (χ3v) is 3.93. The summed E-state index contributed by atoms with van der Waals surface area (Å²) in [6.07, 6.45) is 0. The van der Waals surface area contributed by atoms with Gasteiger partial charge in [0.25, 0.3) is 0 Å². The third-order valence-electron chi connectivity index (χ3n) is 2.67. The van der Waals surface area contributed by atoms with Crippen LogP contribution in [0, 0.1) is 11.3 Å². The number of benzene rings is 1. The van der Waals surface area contributed by atoms with Crippen molar-refractivity contribution in [1.29, 1.82) is 5.26 Å². The van der Waals surface area contributed by atoms with Gasteiger partial charge in [-0.05, 0) is 23.1 Å². The van der Waals surface area contributed by atoms with Gasteiger partial charge in [-0.1, -0.05) is 12.1 Å². The molecule has 1 heterocycles. The average molecular weight is 231 g/mol. The first-order chi connectivity index (χ1) is 7.76. The maximum absolute atomic E-state index is 8.73. The fraction of sp³-hybridized carbons (Fsp3) is 0.250. The van der Waals surface area contributed by atoms with Crippen LogP contribution >= 0.6 is 11.8 Å². The molecule has 1 unspecified atom stereocenters. The topological polar surface area (TPSA) is 53.0 Å². The van der Waals surface area contributed by atoms with Crippen LogP contribution in [0.25, 0.3) is 0 Å². The molecule has 4 heteroatoms. The molecule has 16 heavy (non-hydrogen) atoms. The molecule has 2 rings (SSSR count). The minimum Gasteiger partial charge on any atom is -0.360 e. The van der Waals surface area contributed by atoms with E-state index in [9.17, 15) is 0 Å². The second-order valence-electron chi connectivity index (χ2n) is 3.65. The van der Waals surface area contributed by atoms with E-state index in [0.29, 0.717) is 12.1 Å². The Morgan fingerprint density at radius 3 is 2.62 bits per heavy atom. The van der Waals surface area contributed by atoms with Crippen molar-refractivity contribution >= 4 is 11.8 Å². The van der Waals surface area contributed by atoms with Crippen LogP contribution in [0.2, 0.25) is 0 Å². The molecule has 1 aromatic carbocycles. The van der Waals surface area contributed by atoms with E-state index in [0.717, 1.165) is 5.70 Å². The molecule has 0 amide bonds. The molecule has 1 atom stereocenters. The molecule has 0 fully saturated rings. The first-order valence-corrected chi connectivity index (χ1v) is 5.98. The number of hydrogen-bond donors (Lipinski definition) is 1. The Balaban J connectivity index is 2.18. The van der Waals surface area contributed by atoms with E-state index >= 15 is 0 Å². The van der Waals surface area contributed by atoms with Gasteiger partial charge in [0.05, 0.1) is 11.6 Å². The highest BCUT2D eigenvalue weighted by Crippen LogP contribution is 2.40. The molecule has 0 bridgehead atoms. The highest BCUT2D eigenvalue weighted by atomic mass is 32.2. The van der Waals surface area contributed by atoms with Gasteiger partial charge in [-0.3, -0.25) is 0 Å². The zero-order valence-corrected chi connectivity index (χ0v) is 9.87. The predicted octanol–water partition coefficient (Wildman–Crippen LogP) is 2.04. The van der Waals surface area contributed by atoms with Crippen LogP contribution in [-0.4, -0.2) is 18.5 Å². The highest BCUT2D eigenvalue weighted by molar-refractivity contribution is 8.02. The van der Waals surface area contributed by atoms with E-state index in [1.54, 1.807) is 11.8 Å². The van der Waals surface area contributed by atoms with Crippen LogP contribution in [-0.2, 0) is 0 Å². The van der Waals surface area contributed by atoms with Crippen molar-refractivity contribution in [2.45, 2.75) is 5.37 Å². The Bertz CT molecular complexity index is 444. The first kappa shape index (κ1) is 11.1. The monoisotopic (exact) mass is 231 g/mol. The van der Waals surface area contributed by atoms with Crippen molar-refractivity contribution < 1.29 is 0 Å². The van der Waals surface area contributed by atoms with E-state index in [4.69, 9.17) is 11.0 Å². The number of likely N-dealkylation sites (N-methyl/N-ethyl adjacent to an activating group) is 1. The van der Waals surface area contributed by atoms with Gasteiger partial charge in [0.15, 0.2) is 0 Å². The Hall–Kier alpha value is -1.44. The van der Waals surface area contributed by atoms with Gasteiger partial charge in [-0.2, -0.15) is 5.26 Å². The van der Waals surface area contributed by atoms with Crippen molar-refractivity contribution in [2.24, 2.45) is 5.73 Å². The molecule has 1 aliphatic rings. The number of thioether (sulfide) groups is 1. The van der Waals surface area contributed by atoms with Crippen LogP contribution in [0.3, 0.4) is 0 Å². The Morgan fingerprint density at radius 2 is 2.12 bits per heavy atom. The summed E-state index contributed by atoms with van der Waals surface area (Å²) in [5, 5.41) is 11.1. The Morgan fingerprint density at radius 1 is 1.44 bits per heavy atom. The number of nitriles is 1. The third kappa shape index (κ3) is 1.92. The van der Waals surface area contributed by atoms with Gasteiger partial charge < -0.3 is 10.6 Å². The van der Waals surface area contributed by atoms with Gasteiger partial charge in [-0.15, -0.1) is 11.8 Å². The summed E-state index contributed by atoms with van der Waals surface area (Å²) in [7, 11) is 2.04. The van der Waals surface area contributed by atoms with Gasteiger partial charge in [-0.25, -0.2) is 0 Å². The molecule has 0 aliphatic carbocycles. The van der Waals surface area contributed by atoms with Crippen molar-refractivity contribution in [1.82, 2.24) is 4.90 Å². The molecule has 0 saturated carbocycles. The average Bonchev–Trinajstić information content (AvgIpc) is 2.70. The number of hydrogen-bond acceptors (Lipinski definition) is 4. The van der Waals surface area contributed by atoms with Crippen LogP contribution in [0.1, 0.15) is 16.5 Å². The van der Waals surface area contributed by atoms with Gasteiger partial charge in [0.2, 0.25) is 0 Å². The predicted molar refractivity (Wildman–Crippen MR) is 66.4 cm³/mol. The summed E-state index contributed by atoms with van der Waals surface area (Å²) < 4.78 is 0. The molecule has 82 valence electrons. The van der Waals surface area contributed by atoms with Crippen molar-refractivity contribution in [2.75, 3.05) is 13.6 Å². The molecule has 0 saturated heterocycles. The molecular formula is C12H13N3S.